The fourth-order valence-corrected chi connectivity index (χ4v) is 2.58. The molecule has 0 aromatic carbocycles. The maximum absolute atomic E-state index is 4.27. The molecule has 0 bridgehead atoms. The second kappa shape index (κ2) is 4.72. The number of anilines is 1. The molecule has 0 unspecified atom stereocenters. The Kier molecular flexibility index (Phi) is 3.33. The lowest BCUT2D eigenvalue weighted by Gasteiger charge is -2.03. The SMILES string of the molecule is Cc1ccnc(NCc2sccc2Br)n1. The number of nitrogens with one attached hydrogen (secondary N) is 1. The normalized spacial score (nSPS) is 10.3. The van der Waals surface area contributed by atoms with Gasteiger partial charge in [0.25, 0.3) is 0 Å². The summed E-state index contributed by atoms with van der Waals surface area (Å²) in [5.41, 5.74) is 0.970. The first-order chi connectivity index (χ1) is 7.25. The lowest BCUT2D eigenvalue weighted by atomic mass is 10.4. The summed E-state index contributed by atoms with van der Waals surface area (Å²) in [5, 5.41) is 5.24. The standard InChI is InChI=1S/C10H10BrN3S/c1-7-2-4-12-10(14-7)13-6-9-8(11)3-5-15-9/h2-5H,6H2,1H3,(H,12,13,14). The van der Waals surface area contributed by atoms with E-state index < -0.39 is 0 Å². The second-order valence-electron chi connectivity index (χ2n) is 3.07. The Bertz CT molecular complexity index is 455. The number of aromatic nitrogens is 2. The van der Waals surface area contributed by atoms with Gasteiger partial charge in [0.1, 0.15) is 0 Å². The number of hydrogen-bond donors (Lipinski definition) is 1. The molecule has 0 fully saturated rings. The number of aryl methyl sites for hydroxylation is 1. The Morgan fingerprint density at radius 3 is 3.00 bits per heavy atom. The summed E-state index contributed by atoms with van der Waals surface area (Å²) >= 11 is 5.19. The summed E-state index contributed by atoms with van der Waals surface area (Å²) in [6, 6.07) is 3.92. The highest BCUT2D eigenvalue weighted by molar-refractivity contribution is 9.10. The third-order valence-electron chi connectivity index (χ3n) is 1.89. The van der Waals surface area contributed by atoms with Gasteiger partial charge in [-0.15, -0.1) is 11.3 Å². The average molecular weight is 284 g/mol. The molecule has 15 heavy (non-hydrogen) atoms. The van der Waals surface area contributed by atoms with Crippen LogP contribution in [0.5, 0.6) is 0 Å². The Morgan fingerprint density at radius 1 is 1.47 bits per heavy atom. The van der Waals surface area contributed by atoms with Crippen molar-refractivity contribution in [1.29, 1.82) is 0 Å². The highest BCUT2D eigenvalue weighted by Crippen LogP contribution is 2.22. The van der Waals surface area contributed by atoms with Crippen molar-refractivity contribution in [2.24, 2.45) is 0 Å². The van der Waals surface area contributed by atoms with Gasteiger partial charge in [0, 0.05) is 21.2 Å². The summed E-state index contributed by atoms with van der Waals surface area (Å²) in [4.78, 5) is 9.66. The summed E-state index contributed by atoms with van der Waals surface area (Å²) in [6.07, 6.45) is 1.76. The molecule has 0 aliphatic heterocycles. The van der Waals surface area contributed by atoms with Crippen molar-refractivity contribution >= 4 is 33.2 Å². The second-order valence-corrected chi connectivity index (χ2v) is 4.92. The van der Waals surface area contributed by atoms with Crippen LogP contribution in [0.15, 0.2) is 28.2 Å². The van der Waals surface area contributed by atoms with Crippen LogP contribution < -0.4 is 5.32 Å². The van der Waals surface area contributed by atoms with Gasteiger partial charge in [-0.25, -0.2) is 9.97 Å². The van der Waals surface area contributed by atoms with E-state index in [1.165, 1.54) is 4.88 Å². The lowest BCUT2D eigenvalue weighted by molar-refractivity contribution is 1.04. The molecule has 0 aliphatic carbocycles. The van der Waals surface area contributed by atoms with Crippen LogP contribution in [0.2, 0.25) is 0 Å². The van der Waals surface area contributed by atoms with Crippen molar-refractivity contribution in [2.75, 3.05) is 5.32 Å². The van der Waals surface area contributed by atoms with E-state index in [0.717, 1.165) is 16.7 Å². The largest absolute Gasteiger partial charge is 0.349 e. The molecule has 0 amide bonds. The van der Waals surface area contributed by atoms with Crippen molar-refractivity contribution in [3.8, 4) is 0 Å². The van der Waals surface area contributed by atoms with Gasteiger partial charge in [-0.1, -0.05) is 0 Å². The number of nitrogens with zero attached hydrogens (tertiary/aromatic N) is 2. The van der Waals surface area contributed by atoms with Gasteiger partial charge in [-0.05, 0) is 40.4 Å². The summed E-state index contributed by atoms with van der Waals surface area (Å²) in [6.45, 7) is 2.70. The molecule has 2 heterocycles. The molecule has 3 nitrogen and oxygen atoms in total. The van der Waals surface area contributed by atoms with Crippen molar-refractivity contribution in [3.05, 3.63) is 38.8 Å². The third-order valence-corrected chi connectivity index (χ3v) is 3.82. The van der Waals surface area contributed by atoms with E-state index >= 15 is 0 Å². The molecule has 78 valence electrons. The molecule has 0 atom stereocenters. The quantitative estimate of drug-likeness (QED) is 0.940. The van der Waals surface area contributed by atoms with Crippen LogP contribution in [0.4, 0.5) is 5.95 Å². The molecule has 2 aromatic heterocycles. The maximum atomic E-state index is 4.27. The Labute approximate surface area is 101 Å². The number of rotatable bonds is 3. The molecule has 0 saturated carbocycles. The molecule has 5 heteroatoms. The molecule has 2 rings (SSSR count). The fraction of sp³-hybridized carbons (Fsp3) is 0.200. The number of halogens is 1. The van der Waals surface area contributed by atoms with Gasteiger partial charge < -0.3 is 5.32 Å². The Balaban J connectivity index is 2.02. The van der Waals surface area contributed by atoms with Crippen LogP contribution in [-0.4, -0.2) is 9.97 Å². The molecule has 0 saturated heterocycles. The molecule has 1 N–H and O–H groups in total. The lowest BCUT2D eigenvalue weighted by Crippen LogP contribution is -2.02. The zero-order valence-corrected chi connectivity index (χ0v) is 10.6. The maximum Gasteiger partial charge on any atom is 0.223 e. The van der Waals surface area contributed by atoms with Crippen LogP contribution in [0.1, 0.15) is 10.6 Å². The highest BCUT2D eigenvalue weighted by atomic mass is 79.9. The van der Waals surface area contributed by atoms with E-state index in [2.05, 4.69) is 36.6 Å². The van der Waals surface area contributed by atoms with E-state index in [1.807, 2.05) is 19.1 Å². The predicted octanol–water partition coefficient (Wildman–Crippen LogP) is 3.22. The minimum absolute atomic E-state index is 0.676. The van der Waals surface area contributed by atoms with Gasteiger partial charge in [0.2, 0.25) is 5.95 Å². The summed E-state index contributed by atoms with van der Waals surface area (Å²) in [5.74, 6) is 0.676. The minimum atomic E-state index is 0.676. The van der Waals surface area contributed by atoms with Crippen LogP contribution in [0.25, 0.3) is 0 Å². The predicted molar refractivity (Wildman–Crippen MR) is 66.1 cm³/mol. The molecular formula is C10H10BrN3S. The smallest absolute Gasteiger partial charge is 0.223 e. The van der Waals surface area contributed by atoms with Crippen LogP contribution in [0, 0.1) is 6.92 Å². The van der Waals surface area contributed by atoms with E-state index in [1.54, 1.807) is 17.5 Å². The van der Waals surface area contributed by atoms with Gasteiger partial charge in [0.05, 0.1) is 6.54 Å². The highest BCUT2D eigenvalue weighted by Gasteiger charge is 2.01. The average Bonchev–Trinajstić information content (AvgIpc) is 2.61. The van der Waals surface area contributed by atoms with Crippen LogP contribution >= 0.6 is 27.3 Å². The zero-order valence-electron chi connectivity index (χ0n) is 8.20. The monoisotopic (exact) mass is 283 g/mol. The minimum Gasteiger partial charge on any atom is -0.349 e. The van der Waals surface area contributed by atoms with Crippen molar-refractivity contribution < 1.29 is 0 Å². The van der Waals surface area contributed by atoms with Gasteiger partial charge in [-0.2, -0.15) is 0 Å². The molecule has 0 spiro atoms. The van der Waals surface area contributed by atoms with Crippen LogP contribution in [-0.2, 0) is 6.54 Å². The first-order valence-electron chi connectivity index (χ1n) is 4.51. The van der Waals surface area contributed by atoms with E-state index in [4.69, 9.17) is 0 Å². The fourth-order valence-electron chi connectivity index (χ4n) is 1.14. The molecular weight excluding hydrogens is 274 g/mol. The van der Waals surface area contributed by atoms with Gasteiger partial charge >= 0.3 is 0 Å². The first kappa shape index (κ1) is 10.6. The van der Waals surface area contributed by atoms with Crippen molar-refractivity contribution in [1.82, 2.24) is 9.97 Å². The van der Waals surface area contributed by atoms with E-state index in [9.17, 15) is 0 Å². The zero-order chi connectivity index (χ0) is 10.7. The number of thiophene rings is 1. The van der Waals surface area contributed by atoms with E-state index in [-0.39, 0.29) is 0 Å². The summed E-state index contributed by atoms with van der Waals surface area (Å²) < 4.78 is 1.13. The Hall–Kier alpha value is -0.940. The van der Waals surface area contributed by atoms with Crippen molar-refractivity contribution in [3.63, 3.8) is 0 Å². The number of hydrogen-bond acceptors (Lipinski definition) is 4. The third kappa shape index (κ3) is 2.76. The topological polar surface area (TPSA) is 37.8 Å². The van der Waals surface area contributed by atoms with Gasteiger partial charge in [-0.3, -0.25) is 0 Å². The Morgan fingerprint density at radius 2 is 2.33 bits per heavy atom. The van der Waals surface area contributed by atoms with Crippen molar-refractivity contribution in [2.45, 2.75) is 13.5 Å². The molecule has 2 aromatic rings. The van der Waals surface area contributed by atoms with Gasteiger partial charge in [0.15, 0.2) is 0 Å². The van der Waals surface area contributed by atoms with Crippen LogP contribution in [0.3, 0.4) is 0 Å². The molecule has 0 aliphatic rings. The molecule has 0 radical (unpaired) electrons. The van der Waals surface area contributed by atoms with E-state index in [0.29, 0.717) is 5.95 Å². The first-order valence-corrected chi connectivity index (χ1v) is 6.18. The summed E-state index contributed by atoms with van der Waals surface area (Å²) in [7, 11) is 0.